The third-order valence-corrected chi connectivity index (χ3v) is 6.08. The van der Waals surface area contributed by atoms with E-state index in [0.717, 1.165) is 10.4 Å². The van der Waals surface area contributed by atoms with E-state index >= 15 is 0 Å². The largest absolute Gasteiger partial charge is 0.465 e. The van der Waals surface area contributed by atoms with E-state index < -0.39 is 17.9 Å². The van der Waals surface area contributed by atoms with Gasteiger partial charge in [-0.3, -0.25) is 0 Å². The Bertz CT molecular complexity index is 1240. The first-order valence-electron chi connectivity index (χ1n) is 10.6. The number of methoxy groups -OCH3 is 2. The van der Waals surface area contributed by atoms with E-state index in [9.17, 15) is 14.4 Å². The average molecular weight is 513 g/mol. The SMILES string of the molecule is CCOC(=O)c1cc(Cc2ccccc2)sc1NC(=S)Nc1cc(C(=O)OC)ccc1C(=O)OC. The van der Waals surface area contributed by atoms with Gasteiger partial charge in [0.1, 0.15) is 5.00 Å². The maximum Gasteiger partial charge on any atom is 0.341 e. The summed E-state index contributed by atoms with van der Waals surface area (Å²) in [5, 5.41) is 6.54. The summed E-state index contributed by atoms with van der Waals surface area (Å²) < 4.78 is 14.8. The highest BCUT2D eigenvalue weighted by Crippen LogP contribution is 2.31. The fourth-order valence-corrected chi connectivity index (χ4v) is 4.58. The second-order valence-electron chi connectivity index (χ2n) is 7.16. The highest BCUT2D eigenvalue weighted by Gasteiger charge is 2.20. The normalized spacial score (nSPS) is 10.3. The molecule has 0 aliphatic carbocycles. The smallest absolute Gasteiger partial charge is 0.341 e. The summed E-state index contributed by atoms with van der Waals surface area (Å²) in [5.41, 5.74) is 2.09. The van der Waals surface area contributed by atoms with Crippen molar-refractivity contribution in [3.05, 3.63) is 81.7 Å². The predicted octanol–water partition coefficient (Wildman–Crippen LogP) is 4.90. The quantitative estimate of drug-likeness (QED) is 0.248. The van der Waals surface area contributed by atoms with E-state index in [-0.39, 0.29) is 28.5 Å². The standard InChI is InChI=1S/C25H24N2O6S2/c1-4-33-24(30)19-14-17(12-15-8-6-5-7-9-15)35-21(19)27-25(34)26-20-13-16(22(28)31-2)10-11-18(20)23(29)32-3/h5-11,13-14H,4,12H2,1-3H3,(H2,26,27,34). The third kappa shape index (κ3) is 6.65. The number of hydrogen-bond acceptors (Lipinski definition) is 8. The number of esters is 3. The van der Waals surface area contributed by atoms with Crippen LogP contribution in [0.4, 0.5) is 10.7 Å². The van der Waals surface area contributed by atoms with Gasteiger partial charge in [0, 0.05) is 11.3 Å². The molecule has 3 rings (SSSR count). The molecule has 1 heterocycles. The molecule has 0 atom stereocenters. The van der Waals surface area contributed by atoms with Crippen LogP contribution in [-0.2, 0) is 20.6 Å². The van der Waals surface area contributed by atoms with Crippen molar-refractivity contribution in [1.29, 1.82) is 0 Å². The van der Waals surface area contributed by atoms with Crippen LogP contribution >= 0.6 is 23.6 Å². The van der Waals surface area contributed by atoms with Gasteiger partial charge in [0.2, 0.25) is 0 Å². The third-order valence-electron chi connectivity index (χ3n) is 4.82. The number of ether oxygens (including phenoxy) is 3. The van der Waals surface area contributed by atoms with Crippen molar-refractivity contribution in [2.75, 3.05) is 31.5 Å². The molecule has 8 nitrogen and oxygen atoms in total. The van der Waals surface area contributed by atoms with Crippen LogP contribution in [0.1, 0.15) is 48.4 Å². The number of benzene rings is 2. The monoisotopic (exact) mass is 512 g/mol. The van der Waals surface area contributed by atoms with Gasteiger partial charge in [0.25, 0.3) is 0 Å². The van der Waals surface area contributed by atoms with Crippen molar-refractivity contribution in [2.24, 2.45) is 0 Å². The molecule has 0 fully saturated rings. The lowest BCUT2D eigenvalue weighted by atomic mass is 10.1. The number of hydrogen-bond donors (Lipinski definition) is 2. The van der Waals surface area contributed by atoms with Gasteiger partial charge in [-0.05, 0) is 49.0 Å². The molecular weight excluding hydrogens is 488 g/mol. The zero-order chi connectivity index (χ0) is 25.4. The summed E-state index contributed by atoms with van der Waals surface area (Å²) in [7, 11) is 2.51. The highest BCUT2D eigenvalue weighted by atomic mass is 32.1. The van der Waals surface area contributed by atoms with Crippen molar-refractivity contribution in [2.45, 2.75) is 13.3 Å². The Balaban J connectivity index is 1.88. The van der Waals surface area contributed by atoms with E-state index in [2.05, 4.69) is 10.6 Å². The molecule has 2 N–H and O–H groups in total. The molecule has 10 heteroatoms. The molecule has 0 radical (unpaired) electrons. The van der Waals surface area contributed by atoms with Gasteiger partial charge in [-0.2, -0.15) is 0 Å². The Morgan fingerprint density at radius 3 is 2.26 bits per heavy atom. The number of nitrogens with one attached hydrogen (secondary N) is 2. The second-order valence-corrected chi connectivity index (χ2v) is 8.71. The maximum absolute atomic E-state index is 12.6. The molecule has 0 unspecified atom stereocenters. The molecule has 0 aliphatic rings. The first kappa shape index (κ1) is 25.9. The molecule has 0 bridgehead atoms. The summed E-state index contributed by atoms with van der Waals surface area (Å²) in [5.74, 6) is -1.66. The first-order chi connectivity index (χ1) is 16.9. The molecule has 2 aromatic carbocycles. The van der Waals surface area contributed by atoms with Crippen LogP contribution in [0.5, 0.6) is 0 Å². The van der Waals surface area contributed by atoms with Crippen LogP contribution < -0.4 is 10.6 Å². The molecular formula is C25H24N2O6S2. The molecule has 0 aliphatic heterocycles. The minimum absolute atomic E-state index is 0.107. The van der Waals surface area contributed by atoms with E-state index in [1.165, 1.54) is 43.8 Å². The minimum Gasteiger partial charge on any atom is -0.465 e. The Morgan fingerprint density at radius 1 is 0.886 bits per heavy atom. The van der Waals surface area contributed by atoms with Crippen LogP contribution in [-0.4, -0.2) is 43.8 Å². The van der Waals surface area contributed by atoms with Gasteiger partial charge in [-0.15, -0.1) is 11.3 Å². The van der Waals surface area contributed by atoms with E-state index in [0.29, 0.717) is 17.0 Å². The zero-order valence-corrected chi connectivity index (χ0v) is 21.0. The van der Waals surface area contributed by atoms with Crippen LogP contribution in [0.2, 0.25) is 0 Å². The first-order valence-corrected chi connectivity index (χ1v) is 11.8. The summed E-state index contributed by atoms with van der Waals surface area (Å²) in [4.78, 5) is 37.7. The van der Waals surface area contributed by atoms with Gasteiger partial charge in [-0.1, -0.05) is 30.3 Å². The van der Waals surface area contributed by atoms with Crippen LogP contribution in [0.3, 0.4) is 0 Å². The van der Waals surface area contributed by atoms with E-state index in [1.807, 2.05) is 30.3 Å². The maximum atomic E-state index is 12.6. The van der Waals surface area contributed by atoms with Gasteiger partial charge in [0.15, 0.2) is 5.11 Å². The summed E-state index contributed by atoms with van der Waals surface area (Å²) >= 11 is 6.82. The Morgan fingerprint density at radius 2 is 1.60 bits per heavy atom. The lowest BCUT2D eigenvalue weighted by Crippen LogP contribution is -2.22. The summed E-state index contributed by atoms with van der Waals surface area (Å²) in [6.45, 7) is 1.96. The van der Waals surface area contributed by atoms with Crippen molar-refractivity contribution < 1.29 is 28.6 Å². The van der Waals surface area contributed by atoms with Gasteiger partial charge < -0.3 is 24.8 Å². The van der Waals surface area contributed by atoms with Crippen LogP contribution in [0.25, 0.3) is 0 Å². The van der Waals surface area contributed by atoms with E-state index in [4.69, 9.17) is 26.4 Å². The highest BCUT2D eigenvalue weighted by molar-refractivity contribution is 7.80. The Labute approximate surface area is 212 Å². The van der Waals surface area contributed by atoms with Crippen molar-refractivity contribution in [3.8, 4) is 0 Å². The topological polar surface area (TPSA) is 103 Å². The fourth-order valence-electron chi connectivity index (χ4n) is 3.22. The number of carbonyl (C=O) groups excluding carboxylic acids is 3. The lowest BCUT2D eigenvalue weighted by Gasteiger charge is -2.14. The summed E-state index contributed by atoms with van der Waals surface area (Å²) in [6, 6.07) is 16.0. The van der Waals surface area contributed by atoms with Crippen LogP contribution in [0.15, 0.2) is 54.6 Å². The van der Waals surface area contributed by atoms with E-state index in [1.54, 1.807) is 13.0 Å². The number of thiophene rings is 1. The molecule has 0 saturated heterocycles. The predicted molar refractivity (Wildman–Crippen MR) is 138 cm³/mol. The number of carbonyl (C=O) groups is 3. The molecule has 0 amide bonds. The van der Waals surface area contributed by atoms with Crippen molar-refractivity contribution >= 4 is 57.3 Å². The minimum atomic E-state index is -0.611. The molecule has 1 aromatic heterocycles. The summed E-state index contributed by atoms with van der Waals surface area (Å²) in [6.07, 6.45) is 0.632. The molecule has 3 aromatic rings. The molecule has 0 saturated carbocycles. The lowest BCUT2D eigenvalue weighted by molar-refractivity contribution is 0.0526. The van der Waals surface area contributed by atoms with Gasteiger partial charge in [-0.25, -0.2) is 14.4 Å². The number of thiocarbonyl (C=S) groups is 1. The fraction of sp³-hybridized carbons (Fsp3) is 0.200. The zero-order valence-electron chi connectivity index (χ0n) is 19.4. The molecule has 35 heavy (non-hydrogen) atoms. The van der Waals surface area contributed by atoms with Crippen LogP contribution in [0, 0.1) is 0 Å². The van der Waals surface area contributed by atoms with Gasteiger partial charge >= 0.3 is 17.9 Å². The van der Waals surface area contributed by atoms with Gasteiger partial charge in [0.05, 0.1) is 43.2 Å². The van der Waals surface area contributed by atoms with Crippen molar-refractivity contribution in [1.82, 2.24) is 0 Å². The average Bonchev–Trinajstić information content (AvgIpc) is 3.25. The number of rotatable bonds is 8. The Hall–Kier alpha value is -3.76. The Kier molecular flexibility index (Phi) is 8.93. The second kappa shape index (κ2) is 12.1. The number of anilines is 2. The van der Waals surface area contributed by atoms with Crippen molar-refractivity contribution in [3.63, 3.8) is 0 Å². The molecule has 0 spiro atoms. The molecule has 182 valence electrons.